The van der Waals surface area contributed by atoms with Gasteiger partial charge in [0, 0.05) is 18.2 Å². The quantitative estimate of drug-likeness (QED) is 0.525. The molecule has 0 spiro atoms. The largest absolute Gasteiger partial charge is 0.326 e. The standard InChI is InChI=1S/C10H11BF5NO2S/c1-6(18)17-8-2-7(10(19)5-11)3-9(4-8)20(12,13,14,15)16/h2-4H,5,11H2,1H3,(H,17,18). The van der Waals surface area contributed by atoms with Crippen LogP contribution in [0.4, 0.5) is 25.1 Å². The van der Waals surface area contributed by atoms with Crippen LogP contribution in [0.5, 0.6) is 0 Å². The summed E-state index contributed by atoms with van der Waals surface area (Å²) in [4.78, 5) is 20.1. The van der Waals surface area contributed by atoms with E-state index in [9.17, 15) is 29.0 Å². The number of anilines is 1. The van der Waals surface area contributed by atoms with Crippen LogP contribution in [0.1, 0.15) is 17.3 Å². The summed E-state index contributed by atoms with van der Waals surface area (Å²) in [6.07, 6.45) is -0.150. The lowest BCUT2D eigenvalue weighted by atomic mass is 9.96. The third kappa shape index (κ3) is 4.22. The summed E-state index contributed by atoms with van der Waals surface area (Å²) in [7, 11) is -8.54. The fourth-order valence-corrected chi connectivity index (χ4v) is 2.16. The highest BCUT2D eigenvalue weighted by molar-refractivity contribution is 8.45. The molecule has 0 saturated carbocycles. The van der Waals surface area contributed by atoms with Crippen LogP contribution in [0.2, 0.25) is 6.32 Å². The van der Waals surface area contributed by atoms with Crippen LogP contribution >= 0.6 is 10.2 Å². The highest BCUT2D eigenvalue weighted by Crippen LogP contribution is 3.02. The number of Topliss-reactive ketones (excluding diaryl/α,β-unsaturated/α-hetero) is 1. The van der Waals surface area contributed by atoms with Gasteiger partial charge in [-0.05, 0) is 24.5 Å². The predicted octanol–water partition coefficient (Wildman–Crippen LogP) is 3.54. The summed E-state index contributed by atoms with van der Waals surface area (Å²) in [6, 6.07) is 1.16. The molecule has 20 heavy (non-hydrogen) atoms. The van der Waals surface area contributed by atoms with E-state index in [1.807, 2.05) is 5.32 Å². The van der Waals surface area contributed by atoms with Crippen molar-refractivity contribution in [2.24, 2.45) is 0 Å². The summed E-state index contributed by atoms with van der Waals surface area (Å²) < 4.78 is 63.9. The van der Waals surface area contributed by atoms with E-state index in [2.05, 4.69) is 0 Å². The topological polar surface area (TPSA) is 46.2 Å². The Kier molecular flexibility index (Phi) is 3.47. The molecule has 0 aliphatic heterocycles. The van der Waals surface area contributed by atoms with E-state index in [1.54, 1.807) is 0 Å². The van der Waals surface area contributed by atoms with E-state index in [-0.39, 0.29) is 18.5 Å². The Morgan fingerprint density at radius 1 is 1.15 bits per heavy atom. The van der Waals surface area contributed by atoms with E-state index >= 15 is 0 Å². The van der Waals surface area contributed by atoms with Gasteiger partial charge in [-0.1, -0.05) is 19.4 Å². The number of amides is 1. The molecule has 0 aromatic heterocycles. The number of halogens is 5. The maximum atomic E-state index is 12.8. The van der Waals surface area contributed by atoms with E-state index in [4.69, 9.17) is 0 Å². The molecule has 0 heterocycles. The molecule has 3 nitrogen and oxygen atoms in total. The van der Waals surface area contributed by atoms with Crippen molar-refractivity contribution in [3.8, 4) is 0 Å². The van der Waals surface area contributed by atoms with Crippen LogP contribution in [-0.4, -0.2) is 19.5 Å². The van der Waals surface area contributed by atoms with E-state index in [0.29, 0.717) is 0 Å². The van der Waals surface area contributed by atoms with Gasteiger partial charge in [0.05, 0.1) is 0 Å². The first-order valence-electron chi connectivity index (χ1n) is 5.43. The van der Waals surface area contributed by atoms with Crippen LogP contribution in [-0.2, 0) is 4.79 Å². The number of hydrogen-bond donors (Lipinski definition) is 1. The van der Waals surface area contributed by atoms with Crippen LogP contribution in [0, 0.1) is 0 Å². The molecule has 10 heteroatoms. The Balaban J connectivity index is 3.55. The molecule has 112 valence electrons. The fraction of sp³-hybridized carbons (Fsp3) is 0.200. The second-order valence-corrected chi connectivity index (χ2v) is 6.58. The van der Waals surface area contributed by atoms with Crippen LogP contribution in [0.25, 0.3) is 0 Å². The molecule has 0 aliphatic rings. The number of carbonyl (C=O) groups is 2. The van der Waals surface area contributed by atoms with Crippen molar-refractivity contribution in [2.45, 2.75) is 18.1 Å². The monoisotopic (exact) mass is 315 g/mol. The molecule has 1 rings (SSSR count). The number of hydrogen-bond acceptors (Lipinski definition) is 2. The minimum atomic E-state index is -9.92. The molecular weight excluding hydrogens is 304 g/mol. The Hall–Kier alpha value is -1.58. The molecule has 0 bridgehead atoms. The summed E-state index contributed by atoms with van der Waals surface area (Å²) in [5.74, 6) is -1.47. The molecule has 1 aromatic rings. The van der Waals surface area contributed by atoms with Crippen LogP contribution in [0.3, 0.4) is 0 Å². The van der Waals surface area contributed by atoms with Gasteiger partial charge in [-0.3, -0.25) is 9.59 Å². The smallest absolute Gasteiger partial charge is 0.310 e. The average Bonchev–Trinajstić information content (AvgIpc) is 2.23. The first-order chi connectivity index (χ1) is 8.72. The first-order valence-corrected chi connectivity index (χ1v) is 7.38. The molecule has 0 saturated heterocycles. The highest BCUT2D eigenvalue weighted by Gasteiger charge is 2.65. The van der Waals surface area contributed by atoms with Crippen LogP contribution < -0.4 is 5.32 Å². The van der Waals surface area contributed by atoms with Crippen molar-refractivity contribution in [2.75, 3.05) is 5.32 Å². The average molecular weight is 315 g/mol. The lowest BCUT2D eigenvalue weighted by Gasteiger charge is -2.40. The van der Waals surface area contributed by atoms with Crippen molar-refractivity contribution >= 4 is 35.4 Å². The maximum Gasteiger partial charge on any atom is 0.310 e. The molecule has 0 atom stereocenters. The molecule has 1 aromatic carbocycles. The van der Waals surface area contributed by atoms with Crippen molar-refractivity contribution in [3.63, 3.8) is 0 Å². The van der Waals surface area contributed by atoms with Crippen molar-refractivity contribution in [1.29, 1.82) is 0 Å². The zero-order valence-corrected chi connectivity index (χ0v) is 11.4. The molecule has 0 radical (unpaired) electrons. The predicted molar refractivity (Wildman–Crippen MR) is 69.8 cm³/mol. The van der Waals surface area contributed by atoms with E-state index < -0.39 is 38.1 Å². The fourth-order valence-electron chi connectivity index (χ4n) is 1.46. The van der Waals surface area contributed by atoms with Crippen molar-refractivity contribution in [3.05, 3.63) is 23.8 Å². The lowest BCUT2D eigenvalue weighted by Crippen LogP contribution is -2.12. The van der Waals surface area contributed by atoms with Crippen LogP contribution in [0.15, 0.2) is 23.1 Å². The van der Waals surface area contributed by atoms with Gasteiger partial charge < -0.3 is 5.32 Å². The number of carbonyl (C=O) groups excluding carboxylic acids is 2. The summed E-state index contributed by atoms with van der Waals surface area (Å²) in [6.45, 7) is 1.01. The minimum absolute atomic E-state index is 0.110. The zero-order chi connectivity index (χ0) is 15.8. The van der Waals surface area contributed by atoms with Crippen molar-refractivity contribution in [1.82, 2.24) is 0 Å². The normalized spacial score (nSPS) is 15.1. The third-order valence-electron chi connectivity index (χ3n) is 2.32. The van der Waals surface area contributed by atoms with Gasteiger partial charge in [0.15, 0.2) is 5.78 Å². The van der Waals surface area contributed by atoms with Gasteiger partial charge in [-0.15, -0.1) is 0 Å². The zero-order valence-electron chi connectivity index (χ0n) is 10.6. The number of nitrogens with one attached hydrogen (secondary N) is 1. The highest BCUT2D eigenvalue weighted by atomic mass is 32.5. The second kappa shape index (κ2) is 4.21. The Bertz CT molecular complexity index is 587. The summed E-state index contributed by atoms with van der Waals surface area (Å²) in [5.41, 5.74) is -1.03. The molecule has 0 unspecified atom stereocenters. The number of benzene rings is 1. The second-order valence-electron chi connectivity index (χ2n) is 4.17. The number of ketones is 1. The molecule has 1 amide bonds. The summed E-state index contributed by atoms with van der Waals surface area (Å²) in [5, 5.41) is 1.97. The van der Waals surface area contributed by atoms with Gasteiger partial charge in [-0.25, -0.2) is 0 Å². The molecule has 0 aliphatic carbocycles. The Labute approximate surface area is 112 Å². The molecular formula is C10H11BF5NO2S. The maximum absolute atomic E-state index is 12.8. The Morgan fingerprint density at radius 2 is 1.70 bits per heavy atom. The molecule has 1 N–H and O–H groups in total. The minimum Gasteiger partial charge on any atom is -0.326 e. The Morgan fingerprint density at radius 3 is 2.10 bits per heavy atom. The van der Waals surface area contributed by atoms with Gasteiger partial charge >= 0.3 is 10.2 Å². The van der Waals surface area contributed by atoms with Gasteiger partial charge in [-0.2, -0.15) is 0 Å². The SMILES string of the molecule is BCC(=O)c1cc(NC(C)=O)cc(S(F)(F)(F)(F)F)c1. The van der Waals surface area contributed by atoms with Gasteiger partial charge in [0.2, 0.25) is 5.91 Å². The van der Waals surface area contributed by atoms with E-state index in [1.165, 1.54) is 7.85 Å². The van der Waals surface area contributed by atoms with Crippen molar-refractivity contribution < 1.29 is 29.0 Å². The first kappa shape index (κ1) is 16.5. The number of rotatable bonds is 4. The van der Waals surface area contributed by atoms with Gasteiger partial charge in [0.1, 0.15) is 12.7 Å². The summed E-state index contributed by atoms with van der Waals surface area (Å²) >= 11 is 0. The van der Waals surface area contributed by atoms with Gasteiger partial charge in [0.25, 0.3) is 0 Å². The molecule has 0 fully saturated rings. The third-order valence-corrected chi connectivity index (χ3v) is 3.44. The van der Waals surface area contributed by atoms with E-state index in [0.717, 1.165) is 13.0 Å². The lowest BCUT2D eigenvalue weighted by molar-refractivity contribution is -0.114.